The van der Waals surface area contributed by atoms with Crippen molar-refractivity contribution in [2.75, 3.05) is 7.11 Å². The van der Waals surface area contributed by atoms with Gasteiger partial charge in [-0.15, -0.1) is 0 Å². The quantitative estimate of drug-likeness (QED) is 0.848. The molecule has 0 aliphatic rings. The third-order valence-corrected chi connectivity index (χ3v) is 2.58. The SMILES string of the molecule is COc1ccc(-c2cc(=O)[nH][nH]c2=O)cc1Cl. The van der Waals surface area contributed by atoms with Gasteiger partial charge in [0, 0.05) is 6.07 Å². The molecule has 0 unspecified atom stereocenters. The van der Waals surface area contributed by atoms with Crippen LogP contribution in [0.4, 0.5) is 0 Å². The van der Waals surface area contributed by atoms with Crippen LogP contribution in [0.25, 0.3) is 11.1 Å². The average molecular weight is 253 g/mol. The molecular weight excluding hydrogens is 244 g/mol. The van der Waals surface area contributed by atoms with Crippen molar-refractivity contribution in [2.24, 2.45) is 0 Å². The zero-order valence-electron chi connectivity index (χ0n) is 8.91. The second kappa shape index (κ2) is 4.47. The molecule has 0 atom stereocenters. The number of halogens is 1. The smallest absolute Gasteiger partial charge is 0.270 e. The summed E-state index contributed by atoms with van der Waals surface area (Å²) in [5, 5.41) is 4.82. The Morgan fingerprint density at radius 1 is 1.18 bits per heavy atom. The minimum Gasteiger partial charge on any atom is -0.495 e. The molecule has 0 saturated carbocycles. The van der Waals surface area contributed by atoms with Crippen LogP contribution >= 0.6 is 11.6 Å². The van der Waals surface area contributed by atoms with Crippen molar-refractivity contribution in [1.82, 2.24) is 10.2 Å². The first-order valence-electron chi connectivity index (χ1n) is 4.77. The fraction of sp³-hybridized carbons (Fsp3) is 0.0909. The standard InChI is InChI=1S/C11H9ClN2O3/c1-17-9-3-2-6(4-8(9)12)7-5-10(15)13-14-11(7)16/h2-5H,1H3,(H,13,15)(H,14,16). The van der Waals surface area contributed by atoms with E-state index in [2.05, 4.69) is 10.2 Å². The average Bonchev–Trinajstić information content (AvgIpc) is 2.32. The van der Waals surface area contributed by atoms with Crippen LogP contribution in [0, 0.1) is 0 Å². The van der Waals surface area contributed by atoms with Crippen LogP contribution < -0.4 is 15.9 Å². The molecule has 88 valence electrons. The van der Waals surface area contributed by atoms with E-state index in [1.807, 2.05) is 0 Å². The van der Waals surface area contributed by atoms with E-state index in [0.717, 1.165) is 0 Å². The minimum atomic E-state index is -0.383. The Morgan fingerprint density at radius 2 is 1.94 bits per heavy atom. The summed E-state index contributed by atoms with van der Waals surface area (Å²) in [4.78, 5) is 22.7. The lowest BCUT2D eigenvalue weighted by atomic mass is 10.1. The van der Waals surface area contributed by atoms with Gasteiger partial charge in [0.05, 0.1) is 17.7 Å². The number of ether oxygens (including phenoxy) is 1. The molecule has 5 nitrogen and oxygen atoms in total. The number of methoxy groups -OCH3 is 1. The van der Waals surface area contributed by atoms with Crippen molar-refractivity contribution in [1.29, 1.82) is 0 Å². The number of hydrogen-bond acceptors (Lipinski definition) is 3. The molecule has 0 aliphatic heterocycles. The Balaban J connectivity index is 2.61. The Labute approximate surface area is 101 Å². The lowest BCUT2D eigenvalue weighted by molar-refractivity contribution is 0.415. The summed E-state index contributed by atoms with van der Waals surface area (Å²) in [6, 6.07) is 6.09. The first-order chi connectivity index (χ1) is 8.11. The Morgan fingerprint density at radius 3 is 2.59 bits per heavy atom. The molecule has 6 heteroatoms. The van der Waals surface area contributed by atoms with Gasteiger partial charge in [-0.25, -0.2) is 0 Å². The summed E-state index contributed by atoms with van der Waals surface area (Å²) < 4.78 is 5.00. The molecule has 0 spiro atoms. The highest BCUT2D eigenvalue weighted by Gasteiger charge is 2.07. The van der Waals surface area contributed by atoms with Gasteiger partial charge in [0.1, 0.15) is 5.75 Å². The first-order valence-corrected chi connectivity index (χ1v) is 5.15. The lowest BCUT2D eigenvalue weighted by Crippen LogP contribution is -2.19. The van der Waals surface area contributed by atoms with Crippen molar-refractivity contribution in [3.63, 3.8) is 0 Å². The van der Waals surface area contributed by atoms with Crippen LogP contribution in [0.5, 0.6) is 5.75 Å². The zero-order chi connectivity index (χ0) is 12.4. The highest BCUT2D eigenvalue weighted by Crippen LogP contribution is 2.28. The number of aromatic amines is 2. The summed E-state index contributed by atoms with van der Waals surface area (Å²) in [7, 11) is 1.50. The lowest BCUT2D eigenvalue weighted by Gasteiger charge is -2.05. The maximum atomic E-state index is 11.5. The number of aromatic nitrogens is 2. The Kier molecular flexibility index (Phi) is 3.01. The highest BCUT2D eigenvalue weighted by molar-refractivity contribution is 6.32. The van der Waals surface area contributed by atoms with Crippen LogP contribution in [0.2, 0.25) is 5.02 Å². The molecule has 2 rings (SSSR count). The van der Waals surface area contributed by atoms with E-state index in [1.54, 1.807) is 18.2 Å². The molecule has 0 aliphatic carbocycles. The van der Waals surface area contributed by atoms with Gasteiger partial charge in [0.15, 0.2) is 0 Å². The first kappa shape index (κ1) is 11.5. The van der Waals surface area contributed by atoms with E-state index in [0.29, 0.717) is 16.3 Å². The largest absolute Gasteiger partial charge is 0.495 e. The third kappa shape index (κ3) is 2.24. The van der Waals surface area contributed by atoms with Crippen molar-refractivity contribution in [2.45, 2.75) is 0 Å². The molecule has 0 amide bonds. The molecule has 1 aromatic heterocycles. The molecule has 2 N–H and O–H groups in total. The van der Waals surface area contributed by atoms with Crippen molar-refractivity contribution >= 4 is 11.6 Å². The number of hydrogen-bond donors (Lipinski definition) is 2. The monoisotopic (exact) mass is 252 g/mol. The van der Waals surface area contributed by atoms with Gasteiger partial charge in [-0.3, -0.25) is 19.8 Å². The van der Waals surface area contributed by atoms with E-state index >= 15 is 0 Å². The fourth-order valence-corrected chi connectivity index (χ4v) is 1.72. The molecule has 17 heavy (non-hydrogen) atoms. The van der Waals surface area contributed by atoms with Crippen LogP contribution in [-0.4, -0.2) is 17.3 Å². The summed E-state index contributed by atoms with van der Waals surface area (Å²) in [5.74, 6) is 0.511. The number of rotatable bonds is 2. The predicted molar refractivity (Wildman–Crippen MR) is 64.7 cm³/mol. The van der Waals surface area contributed by atoms with Gasteiger partial charge < -0.3 is 4.74 Å². The molecule has 0 radical (unpaired) electrons. The van der Waals surface area contributed by atoms with Gasteiger partial charge in [0.2, 0.25) is 0 Å². The second-order valence-corrected chi connectivity index (χ2v) is 3.76. The summed E-state index contributed by atoms with van der Waals surface area (Å²) in [6.45, 7) is 0. The molecule has 0 bridgehead atoms. The van der Waals surface area contributed by atoms with Crippen molar-refractivity contribution < 1.29 is 4.74 Å². The molecule has 2 aromatic rings. The van der Waals surface area contributed by atoms with Crippen LogP contribution in [0.15, 0.2) is 33.9 Å². The molecule has 1 heterocycles. The number of nitrogens with one attached hydrogen (secondary N) is 2. The van der Waals surface area contributed by atoms with Crippen LogP contribution in [0.1, 0.15) is 0 Å². The minimum absolute atomic E-state index is 0.262. The van der Waals surface area contributed by atoms with E-state index in [1.165, 1.54) is 13.2 Å². The van der Waals surface area contributed by atoms with Gasteiger partial charge in [-0.05, 0) is 17.7 Å². The molecule has 1 aromatic carbocycles. The van der Waals surface area contributed by atoms with Crippen LogP contribution in [-0.2, 0) is 0 Å². The van der Waals surface area contributed by atoms with E-state index in [9.17, 15) is 9.59 Å². The van der Waals surface area contributed by atoms with Crippen molar-refractivity contribution in [3.8, 4) is 16.9 Å². The number of H-pyrrole nitrogens is 2. The normalized spacial score (nSPS) is 10.2. The van der Waals surface area contributed by atoms with E-state index in [4.69, 9.17) is 16.3 Å². The fourth-order valence-electron chi connectivity index (χ4n) is 1.47. The van der Waals surface area contributed by atoms with Gasteiger partial charge in [0.25, 0.3) is 11.1 Å². The zero-order valence-corrected chi connectivity index (χ0v) is 9.67. The van der Waals surface area contributed by atoms with E-state index in [-0.39, 0.29) is 16.7 Å². The third-order valence-electron chi connectivity index (χ3n) is 2.28. The summed E-state index contributed by atoms with van der Waals surface area (Å²) in [5.41, 5.74) is 0.0545. The topological polar surface area (TPSA) is 75.0 Å². The van der Waals surface area contributed by atoms with E-state index < -0.39 is 0 Å². The molecule has 0 saturated heterocycles. The highest BCUT2D eigenvalue weighted by atomic mass is 35.5. The number of benzene rings is 1. The second-order valence-electron chi connectivity index (χ2n) is 3.35. The maximum absolute atomic E-state index is 11.5. The Hall–Kier alpha value is -2.01. The van der Waals surface area contributed by atoms with Gasteiger partial charge >= 0.3 is 0 Å². The predicted octanol–water partition coefficient (Wildman–Crippen LogP) is 1.39. The summed E-state index contributed by atoms with van der Waals surface area (Å²) >= 11 is 5.95. The Bertz CT molecular complexity index is 660. The van der Waals surface area contributed by atoms with Gasteiger partial charge in [-0.1, -0.05) is 17.7 Å². The van der Waals surface area contributed by atoms with Crippen molar-refractivity contribution in [3.05, 3.63) is 50.0 Å². The van der Waals surface area contributed by atoms with Gasteiger partial charge in [-0.2, -0.15) is 0 Å². The molecule has 0 fully saturated rings. The summed E-state index contributed by atoms with van der Waals surface area (Å²) in [6.07, 6.45) is 0. The molecular formula is C11H9ClN2O3. The van der Waals surface area contributed by atoms with Crippen LogP contribution in [0.3, 0.4) is 0 Å². The maximum Gasteiger partial charge on any atom is 0.270 e.